The Bertz CT molecular complexity index is 1190. The average Bonchev–Trinajstić information content (AvgIpc) is 2.81. The summed E-state index contributed by atoms with van der Waals surface area (Å²) in [6.45, 7) is 7.15. The van der Waals surface area contributed by atoms with Crippen LogP contribution in [0.4, 0.5) is 5.69 Å². The maximum absolute atomic E-state index is 12.8. The number of fused-ring (bicyclic) bond motifs is 1. The Morgan fingerprint density at radius 2 is 1.74 bits per heavy atom. The molecule has 0 radical (unpaired) electrons. The fraction of sp³-hybridized carbons (Fsp3) is 0.423. The number of benzene rings is 2. The number of hydrogen-bond donors (Lipinski definition) is 1. The van der Waals surface area contributed by atoms with Gasteiger partial charge in [0, 0.05) is 55.8 Å². The maximum Gasteiger partial charge on any atom is 0.253 e. The minimum absolute atomic E-state index is 0.0179. The molecule has 1 fully saturated rings. The molecule has 0 aliphatic carbocycles. The number of nitrogens with one attached hydrogen (secondary N) is 1. The molecule has 2 heterocycles. The highest BCUT2D eigenvalue weighted by Crippen LogP contribution is 2.44. The molecule has 0 saturated carbocycles. The first-order chi connectivity index (χ1) is 16.1. The molecule has 182 valence electrons. The van der Waals surface area contributed by atoms with E-state index in [9.17, 15) is 13.2 Å². The first-order valence-corrected chi connectivity index (χ1v) is 13.6. The summed E-state index contributed by atoms with van der Waals surface area (Å²) in [4.78, 5) is 16.9. The van der Waals surface area contributed by atoms with E-state index in [0.717, 1.165) is 54.6 Å². The van der Waals surface area contributed by atoms with Crippen molar-refractivity contribution in [2.24, 2.45) is 0 Å². The molecule has 8 heteroatoms. The molecule has 2 aromatic rings. The lowest BCUT2D eigenvalue weighted by atomic mass is 9.83. The normalized spacial score (nSPS) is 17.5. The van der Waals surface area contributed by atoms with Gasteiger partial charge >= 0.3 is 0 Å². The van der Waals surface area contributed by atoms with Gasteiger partial charge < -0.3 is 14.5 Å². The van der Waals surface area contributed by atoms with Crippen LogP contribution in [-0.2, 0) is 10.0 Å². The Labute approximate surface area is 202 Å². The fourth-order valence-electron chi connectivity index (χ4n) is 4.66. The van der Waals surface area contributed by atoms with Crippen molar-refractivity contribution >= 4 is 27.2 Å². The summed E-state index contributed by atoms with van der Waals surface area (Å²) in [5, 5.41) is 0. The number of sulfonamides is 1. The topological polar surface area (TPSA) is 79.0 Å². The third kappa shape index (κ3) is 5.13. The van der Waals surface area contributed by atoms with Crippen molar-refractivity contribution < 1.29 is 17.9 Å². The van der Waals surface area contributed by atoms with E-state index < -0.39 is 15.6 Å². The number of ether oxygens (including phenoxy) is 1. The van der Waals surface area contributed by atoms with Crippen molar-refractivity contribution in [3.63, 3.8) is 0 Å². The predicted octanol–water partition coefficient (Wildman–Crippen LogP) is 3.83. The number of amides is 1. The molecule has 1 amide bonds. The first kappa shape index (κ1) is 24.3. The third-order valence-electron chi connectivity index (χ3n) is 6.62. The van der Waals surface area contributed by atoms with Gasteiger partial charge in [0.15, 0.2) is 0 Å². The van der Waals surface area contributed by atoms with E-state index in [-0.39, 0.29) is 5.91 Å². The van der Waals surface area contributed by atoms with Crippen molar-refractivity contribution in [1.82, 2.24) is 9.80 Å². The van der Waals surface area contributed by atoms with Crippen LogP contribution in [0.5, 0.6) is 5.75 Å². The maximum atomic E-state index is 12.8. The second-order valence-corrected chi connectivity index (χ2v) is 10.9. The van der Waals surface area contributed by atoms with E-state index in [1.165, 1.54) is 0 Å². The molecule has 1 spiro atoms. The molecule has 1 N–H and O–H groups in total. The monoisotopic (exact) mass is 483 g/mol. The summed E-state index contributed by atoms with van der Waals surface area (Å²) in [5.41, 5.74) is 3.53. The fourth-order valence-corrected chi connectivity index (χ4v) is 5.22. The minimum Gasteiger partial charge on any atom is -0.482 e. The van der Waals surface area contributed by atoms with Crippen LogP contribution >= 0.6 is 0 Å². The van der Waals surface area contributed by atoms with Gasteiger partial charge in [0.05, 0.1) is 6.26 Å². The van der Waals surface area contributed by atoms with Gasteiger partial charge in [-0.05, 0) is 68.4 Å². The number of likely N-dealkylation sites (tertiary alicyclic amines) is 1. The van der Waals surface area contributed by atoms with Crippen LogP contribution in [0.2, 0.25) is 0 Å². The number of rotatable bonds is 6. The summed E-state index contributed by atoms with van der Waals surface area (Å²) in [5.74, 6) is 0.758. The van der Waals surface area contributed by atoms with Gasteiger partial charge in [-0.1, -0.05) is 12.1 Å². The molecule has 2 aliphatic rings. The molecule has 7 nitrogen and oxygen atoms in total. The third-order valence-corrected chi connectivity index (χ3v) is 7.23. The van der Waals surface area contributed by atoms with Crippen LogP contribution in [0.25, 0.3) is 5.57 Å². The summed E-state index contributed by atoms with van der Waals surface area (Å²) in [6, 6.07) is 13.1. The molecule has 0 atom stereocenters. The average molecular weight is 484 g/mol. The summed E-state index contributed by atoms with van der Waals surface area (Å²) >= 11 is 0. The zero-order valence-electron chi connectivity index (χ0n) is 20.3. The highest BCUT2D eigenvalue weighted by atomic mass is 32.2. The van der Waals surface area contributed by atoms with Gasteiger partial charge in [-0.2, -0.15) is 0 Å². The Morgan fingerprint density at radius 1 is 1.09 bits per heavy atom. The van der Waals surface area contributed by atoms with Crippen molar-refractivity contribution in [3.05, 3.63) is 65.2 Å². The van der Waals surface area contributed by atoms with E-state index in [4.69, 9.17) is 4.74 Å². The molecule has 1 saturated heterocycles. The van der Waals surface area contributed by atoms with E-state index in [1.54, 1.807) is 11.0 Å². The lowest BCUT2D eigenvalue weighted by molar-refractivity contribution is 0.0468. The molecule has 2 aromatic carbocycles. The quantitative estimate of drug-likeness (QED) is 0.676. The van der Waals surface area contributed by atoms with Crippen molar-refractivity contribution in [2.75, 3.05) is 44.2 Å². The van der Waals surface area contributed by atoms with Crippen molar-refractivity contribution in [2.45, 2.75) is 32.3 Å². The van der Waals surface area contributed by atoms with Gasteiger partial charge in [0.2, 0.25) is 10.0 Å². The highest BCUT2D eigenvalue weighted by molar-refractivity contribution is 7.92. The van der Waals surface area contributed by atoms with Gasteiger partial charge in [-0.25, -0.2) is 8.42 Å². The van der Waals surface area contributed by atoms with Crippen LogP contribution in [-0.4, -0.2) is 69.2 Å². The lowest BCUT2D eigenvalue weighted by Crippen LogP contribution is -2.46. The predicted molar refractivity (Wildman–Crippen MR) is 136 cm³/mol. The molecule has 34 heavy (non-hydrogen) atoms. The minimum atomic E-state index is -3.41. The van der Waals surface area contributed by atoms with Crippen molar-refractivity contribution in [3.8, 4) is 5.75 Å². The van der Waals surface area contributed by atoms with Crippen LogP contribution in [0.15, 0.2) is 48.5 Å². The highest BCUT2D eigenvalue weighted by Gasteiger charge is 2.38. The van der Waals surface area contributed by atoms with Gasteiger partial charge in [-0.3, -0.25) is 9.52 Å². The Kier molecular flexibility index (Phi) is 6.73. The number of piperidine rings is 1. The van der Waals surface area contributed by atoms with E-state index in [2.05, 4.69) is 22.7 Å². The molecule has 2 aliphatic heterocycles. The van der Waals surface area contributed by atoms with Gasteiger partial charge in [-0.15, -0.1) is 0 Å². The van der Waals surface area contributed by atoms with Crippen molar-refractivity contribution in [1.29, 1.82) is 0 Å². The summed E-state index contributed by atoms with van der Waals surface area (Å²) < 4.78 is 32.7. The Balaban J connectivity index is 1.75. The van der Waals surface area contributed by atoms with Gasteiger partial charge in [0.25, 0.3) is 5.91 Å². The summed E-state index contributed by atoms with van der Waals surface area (Å²) in [6.07, 6.45) is 5.06. The number of nitrogens with zero attached hydrogens (tertiary/aromatic N) is 2. The van der Waals surface area contributed by atoms with E-state index >= 15 is 0 Å². The van der Waals surface area contributed by atoms with E-state index in [1.807, 2.05) is 50.2 Å². The Hall–Kier alpha value is -2.84. The van der Waals surface area contributed by atoms with Gasteiger partial charge in [0.1, 0.15) is 11.4 Å². The largest absolute Gasteiger partial charge is 0.482 e. The number of carbonyl (C=O) groups excluding carboxylic acids is 1. The number of hydrogen-bond acceptors (Lipinski definition) is 5. The SMILES string of the molecule is CCN(CC)C(=O)c1ccc(C2=CC3(CCN(C)CC3)Oc3ccc(NS(C)(=O)=O)cc32)cc1. The Morgan fingerprint density at radius 3 is 2.32 bits per heavy atom. The first-order valence-electron chi connectivity index (χ1n) is 11.8. The molecule has 0 bridgehead atoms. The van der Waals surface area contributed by atoms with Crippen LogP contribution in [0.1, 0.15) is 48.2 Å². The molecule has 0 unspecified atom stereocenters. The zero-order valence-corrected chi connectivity index (χ0v) is 21.1. The zero-order chi connectivity index (χ0) is 24.5. The standard InChI is InChI=1S/C26H33N3O4S/c1-5-29(6-2)25(30)20-9-7-19(8-10-20)23-18-26(13-15-28(3)16-14-26)33-24-12-11-21(17-22(23)24)27-34(4,31)32/h7-12,17-18,27H,5-6,13-16H2,1-4H3. The van der Waals surface area contributed by atoms with Crippen LogP contribution in [0, 0.1) is 0 Å². The van der Waals surface area contributed by atoms with Crippen LogP contribution in [0.3, 0.4) is 0 Å². The lowest BCUT2D eigenvalue weighted by Gasteiger charge is -2.42. The summed E-state index contributed by atoms with van der Waals surface area (Å²) in [7, 11) is -1.29. The molecular formula is C26H33N3O4S. The smallest absolute Gasteiger partial charge is 0.253 e. The van der Waals surface area contributed by atoms with E-state index in [0.29, 0.717) is 24.3 Å². The molecular weight excluding hydrogens is 450 g/mol. The molecule has 4 rings (SSSR count). The number of carbonyl (C=O) groups is 1. The second-order valence-electron chi connectivity index (χ2n) is 9.17. The van der Waals surface area contributed by atoms with Crippen LogP contribution < -0.4 is 9.46 Å². The second kappa shape index (κ2) is 9.43. The number of anilines is 1. The molecule has 0 aromatic heterocycles.